The molecule has 71 heavy (non-hydrogen) atoms. The van der Waals surface area contributed by atoms with Crippen LogP contribution in [0.3, 0.4) is 0 Å². The standard InChI is InChI=1S/C43H30N10O15S3/c44-38-37-23(3-14-33(43(37)57)49-46-26-6-10-29-22(16-26)2-13-32(41(29)55)50-48-31-12-1-21(20-54)15-34(31)69(60,61)62)18-35(70(63,64)65)39(38)51-47-27-7-11-30-24(17-27)19-36(71(66,67)68)40(42(30)56)52-45-25-4-8-28(9-5-25)53(58)59/h1-19,54-57H,20,44H2,(H,60,61,62)(H,63,64,65)(H,66,67,68). The SMILES string of the molecule is Nc1c(N=Nc2ccc3c(O)c(N=Nc4ccc([N+](=O)[O-])cc4)c(S(=O)(=O)O)cc3c2)c(S(=O)(=O)O)cc2ccc(N=Nc3ccc4c(O)c(N=Nc5ccc(CO)cc5S(=O)(=O)O)ccc4c3)c(O)c12. The summed E-state index contributed by atoms with van der Waals surface area (Å²) >= 11 is 0. The van der Waals surface area contributed by atoms with Gasteiger partial charge in [-0.1, -0.05) is 18.2 Å². The molecule has 0 fully saturated rings. The number of benzene rings is 8. The van der Waals surface area contributed by atoms with Gasteiger partial charge in [0.05, 0.1) is 39.7 Å². The van der Waals surface area contributed by atoms with E-state index in [1.54, 1.807) is 0 Å². The normalized spacial score (nSPS) is 12.7. The maximum absolute atomic E-state index is 12.6. The fraction of sp³-hybridized carbons (Fsp3) is 0.0233. The maximum atomic E-state index is 12.6. The number of rotatable bonds is 13. The van der Waals surface area contributed by atoms with Gasteiger partial charge in [-0.25, -0.2) is 0 Å². The van der Waals surface area contributed by atoms with Crippen molar-refractivity contribution in [2.24, 2.45) is 40.9 Å². The Labute approximate surface area is 398 Å². The van der Waals surface area contributed by atoms with Gasteiger partial charge in [0, 0.05) is 22.9 Å². The summed E-state index contributed by atoms with van der Waals surface area (Å²) in [6.45, 7) is -0.501. The quantitative estimate of drug-likeness (QED) is 0.0175. The Kier molecular flexibility index (Phi) is 12.8. The average Bonchev–Trinajstić information content (AvgIpc) is 3.31. The zero-order valence-corrected chi connectivity index (χ0v) is 37.8. The first-order chi connectivity index (χ1) is 33.5. The van der Waals surface area contributed by atoms with E-state index >= 15 is 0 Å². The van der Waals surface area contributed by atoms with Gasteiger partial charge in [0.2, 0.25) is 0 Å². The number of phenolic OH excluding ortho intramolecular Hbond substituents is 3. The Morgan fingerprint density at radius 1 is 0.479 bits per heavy atom. The monoisotopic (exact) mass is 1020 g/mol. The molecule has 0 bridgehead atoms. The van der Waals surface area contributed by atoms with E-state index in [9.17, 15) is 69.5 Å². The van der Waals surface area contributed by atoms with Crippen molar-refractivity contribution in [3.05, 3.63) is 131 Å². The van der Waals surface area contributed by atoms with Crippen molar-refractivity contribution in [1.29, 1.82) is 0 Å². The van der Waals surface area contributed by atoms with Crippen molar-refractivity contribution in [3.8, 4) is 17.2 Å². The molecule has 0 spiro atoms. The highest BCUT2D eigenvalue weighted by atomic mass is 32.2. The van der Waals surface area contributed by atoms with E-state index in [1.807, 2.05) is 0 Å². The molecule has 0 aromatic heterocycles. The van der Waals surface area contributed by atoms with Crippen molar-refractivity contribution in [2.45, 2.75) is 21.3 Å². The second-order valence-corrected chi connectivity index (χ2v) is 19.1. The molecule has 8 aromatic carbocycles. The molecular weight excluding hydrogens is 993 g/mol. The van der Waals surface area contributed by atoms with Crippen LogP contribution < -0.4 is 5.73 Å². The second kappa shape index (κ2) is 18.6. The molecule has 0 unspecified atom stereocenters. The predicted octanol–water partition coefficient (Wildman–Crippen LogP) is 10.6. The number of aliphatic hydroxyl groups is 1. The van der Waals surface area contributed by atoms with Crippen LogP contribution in [0.25, 0.3) is 32.3 Å². The minimum atomic E-state index is -5.09. The van der Waals surface area contributed by atoms with Crippen LogP contribution in [0, 0.1) is 10.1 Å². The number of aromatic hydroxyl groups is 3. The van der Waals surface area contributed by atoms with E-state index in [-0.39, 0.29) is 78.1 Å². The maximum Gasteiger partial charge on any atom is 0.296 e. The van der Waals surface area contributed by atoms with Gasteiger partial charge in [0.25, 0.3) is 36.0 Å². The van der Waals surface area contributed by atoms with Crippen LogP contribution in [0.15, 0.2) is 171 Å². The summed E-state index contributed by atoms with van der Waals surface area (Å²) in [6, 6.07) is 23.8. The minimum Gasteiger partial charge on any atom is -0.505 e. The molecule has 0 radical (unpaired) electrons. The van der Waals surface area contributed by atoms with Gasteiger partial charge in [0.1, 0.15) is 43.1 Å². The largest absolute Gasteiger partial charge is 0.505 e. The van der Waals surface area contributed by atoms with Crippen LogP contribution in [0.4, 0.5) is 56.9 Å². The van der Waals surface area contributed by atoms with Crippen molar-refractivity contribution in [1.82, 2.24) is 0 Å². The lowest BCUT2D eigenvalue weighted by Gasteiger charge is -2.12. The zero-order chi connectivity index (χ0) is 51.2. The van der Waals surface area contributed by atoms with E-state index in [0.29, 0.717) is 5.39 Å². The number of anilines is 1. The molecular formula is C43H30N10O15S3. The van der Waals surface area contributed by atoms with E-state index in [0.717, 1.165) is 30.3 Å². The van der Waals surface area contributed by atoms with Gasteiger partial charge in [-0.05, 0) is 107 Å². The number of nitrogen functional groups attached to an aromatic ring is 1. The average molecular weight is 1020 g/mol. The fourth-order valence-corrected chi connectivity index (χ4v) is 8.99. The predicted molar refractivity (Wildman–Crippen MR) is 253 cm³/mol. The summed E-state index contributed by atoms with van der Waals surface area (Å²) in [5, 5.41) is 85.9. The lowest BCUT2D eigenvalue weighted by molar-refractivity contribution is -0.384. The van der Waals surface area contributed by atoms with Crippen molar-refractivity contribution in [3.63, 3.8) is 0 Å². The molecule has 0 aliphatic carbocycles. The van der Waals surface area contributed by atoms with Gasteiger partial charge < -0.3 is 26.2 Å². The third-order valence-electron chi connectivity index (χ3n) is 10.4. The molecule has 360 valence electrons. The van der Waals surface area contributed by atoms with Crippen LogP contribution in [0.1, 0.15) is 5.56 Å². The van der Waals surface area contributed by atoms with Crippen LogP contribution >= 0.6 is 0 Å². The molecule has 0 aliphatic rings. The molecule has 25 nitrogen and oxygen atoms in total. The Hall–Kier alpha value is -8.77. The fourth-order valence-electron chi connectivity index (χ4n) is 6.99. The molecule has 8 aromatic rings. The first-order valence-corrected chi connectivity index (χ1v) is 24.0. The van der Waals surface area contributed by atoms with E-state index in [1.165, 1.54) is 84.9 Å². The lowest BCUT2D eigenvalue weighted by Crippen LogP contribution is -2.01. The topological polar surface area (TPSA) is 412 Å². The zero-order valence-electron chi connectivity index (χ0n) is 35.4. The molecule has 9 N–H and O–H groups in total. The van der Waals surface area contributed by atoms with Crippen molar-refractivity contribution >= 4 is 120 Å². The molecule has 0 aliphatic heterocycles. The third kappa shape index (κ3) is 10.0. The number of fused-ring (bicyclic) bond motifs is 3. The van der Waals surface area contributed by atoms with E-state index < -0.39 is 85.1 Å². The Bertz CT molecular complexity index is 4040. The molecule has 28 heteroatoms. The molecule has 0 saturated heterocycles. The summed E-state index contributed by atoms with van der Waals surface area (Å²) < 4.78 is 104. The highest BCUT2D eigenvalue weighted by Crippen LogP contribution is 2.47. The third-order valence-corrected chi connectivity index (χ3v) is 13.0. The number of azo groups is 4. The van der Waals surface area contributed by atoms with Crippen LogP contribution in [-0.4, -0.2) is 64.3 Å². The smallest absolute Gasteiger partial charge is 0.296 e. The number of hydrogen-bond acceptors (Lipinski definition) is 21. The van der Waals surface area contributed by atoms with Gasteiger partial charge in [-0.3, -0.25) is 23.8 Å². The minimum absolute atomic E-state index is 0.0106. The number of aliphatic hydroxyl groups excluding tert-OH is 1. The highest BCUT2D eigenvalue weighted by Gasteiger charge is 2.25. The summed E-state index contributed by atoms with van der Waals surface area (Å²) in [4.78, 5) is 8.01. The Morgan fingerprint density at radius 2 is 0.958 bits per heavy atom. The van der Waals surface area contributed by atoms with Crippen molar-refractivity contribution < 1.29 is 64.3 Å². The molecule has 0 saturated carbocycles. The lowest BCUT2D eigenvalue weighted by atomic mass is 10.1. The Balaban J connectivity index is 1.10. The van der Waals surface area contributed by atoms with Gasteiger partial charge >= 0.3 is 0 Å². The number of hydrogen-bond donors (Lipinski definition) is 8. The number of phenols is 3. The summed E-state index contributed by atoms with van der Waals surface area (Å²) in [7, 11) is -14.9. The van der Waals surface area contributed by atoms with Crippen molar-refractivity contribution in [2.75, 3.05) is 5.73 Å². The van der Waals surface area contributed by atoms with Gasteiger partial charge in [0.15, 0.2) is 17.2 Å². The number of nitro groups is 1. The Morgan fingerprint density at radius 3 is 1.58 bits per heavy atom. The van der Waals surface area contributed by atoms with Crippen LogP contribution in [0.2, 0.25) is 0 Å². The molecule has 0 atom stereocenters. The van der Waals surface area contributed by atoms with E-state index in [4.69, 9.17) is 5.73 Å². The second-order valence-electron chi connectivity index (χ2n) is 14.9. The molecule has 0 heterocycles. The molecule has 8 rings (SSSR count). The number of nitrogens with zero attached hydrogens (tertiary/aromatic N) is 9. The first-order valence-electron chi connectivity index (χ1n) is 19.7. The first kappa shape index (κ1) is 48.7. The summed E-state index contributed by atoms with van der Waals surface area (Å²) in [6.07, 6.45) is 0. The number of nitrogens with two attached hydrogens (primary N) is 1. The van der Waals surface area contributed by atoms with Crippen LogP contribution in [-0.2, 0) is 37.0 Å². The van der Waals surface area contributed by atoms with Crippen LogP contribution in [0.5, 0.6) is 17.2 Å². The summed E-state index contributed by atoms with van der Waals surface area (Å²) in [5.74, 6) is -1.70. The number of non-ortho nitro benzene ring substituents is 1. The highest BCUT2D eigenvalue weighted by molar-refractivity contribution is 7.86. The number of nitro benzene ring substituents is 1. The molecule has 0 amide bonds. The van der Waals surface area contributed by atoms with Gasteiger partial charge in [-0.15, -0.1) is 25.6 Å². The van der Waals surface area contributed by atoms with Gasteiger partial charge in [-0.2, -0.15) is 40.6 Å². The van der Waals surface area contributed by atoms with E-state index in [2.05, 4.69) is 40.9 Å². The summed E-state index contributed by atoms with van der Waals surface area (Å²) in [5.41, 5.74) is 4.19.